The number of nitrogens with one attached hydrogen (secondary N) is 1. The Morgan fingerprint density at radius 2 is 2.10 bits per heavy atom. The molecule has 0 radical (unpaired) electrons. The van der Waals surface area contributed by atoms with Gasteiger partial charge in [-0.2, -0.15) is 0 Å². The van der Waals surface area contributed by atoms with Crippen LogP contribution in [0, 0.1) is 5.82 Å². The third-order valence-corrected chi connectivity index (χ3v) is 2.70. The normalized spacial score (nSPS) is 12.7. The molecule has 3 N–H and O–H groups in total. The zero-order valence-electron chi connectivity index (χ0n) is 12.9. The number of hydrogen-bond acceptors (Lipinski definition) is 4. The van der Waals surface area contributed by atoms with Crippen LogP contribution >= 0.6 is 0 Å². The third-order valence-electron chi connectivity index (χ3n) is 2.70. The van der Waals surface area contributed by atoms with Crippen LogP contribution in [0.2, 0.25) is 0 Å². The minimum atomic E-state index is -0.567. The summed E-state index contributed by atoms with van der Waals surface area (Å²) in [6.45, 7) is 5.61. The zero-order chi connectivity index (χ0) is 16.0. The molecule has 0 aliphatic heterocycles. The second-order valence-electron chi connectivity index (χ2n) is 5.75. The molecule has 1 aromatic carbocycles. The molecule has 1 atom stereocenters. The Labute approximate surface area is 124 Å². The molecule has 0 saturated heterocycles. The van der Waals surface area contributed by atoms with E-state index in [0.29, 0.717) is 6.42 Å². The van der Waals surface area contributed by atoms with Gasteiger partial charge in [-0.3, -0.25) is 0 Å². The van der Waals surface area contributed by atoms with Crippen molar-refractivity contribution in [2.45, 2.75) is 38.8 Å². The van der Waals surface area contributed by atoms with Gasteiger partial charge in [-0.15, -0.1) is 0 Å². The Morgan fingerprint density at radius 3 is 2.62 bits per heavy atom. The van der Waals surface area contributed by atoms with E-state index >= 15 is 0 Å². The van der Waals surface area contributed by atoms with Crippen LogP contribution in [-0.2, 0) is 11.2 Å². The summed E-state index contributed by atoms with van der Waals surface area (Å²) in [5, 5.41) is 2.70. The number of ether oxygens (including phenoxy) is 2. The van der Waals surface area contributed by atoms with Gasteiger partial charge in [0, 0.05) is 12.6 Å². The largest absolute Gasteiger partial charge is 0.494 e. The molecule has 0 fully saturated rings. The summed E-state index contributed by atoms with van der Waals surface area (Å²) in [5.41, 5.74) is 5.91. The number of nitrogens with two attached hydrogens (primary N) is 1. The standard InChI is InChI=1S/C15H23FN2O3/c1-15(2,3)21-14(19)18-11(9-17)7-10-5-6-12(16)13(8-10)20-4/h5-6,8,11H,7,9,17H2,1-4H3,(H,18,19). The topological polar surface area (TPSA) is 73.6 Å². The van der Waals surface area contributed by atoms with Crippen molar-refractivity contribution in [3.05, 3.63) is 29.6 Å². The molecule has 5 nitrogen and oxygen atoms in total. The van der Waals surface area contributed by atoms with Crippen molar-refractivity contribution in [2.75, 3.05) is 13.7 Å². The Balaban J connectivity index is 2.68. The molecular formula is C15H23FN2O3. The first kappa shape index (κ1) is 17.2. The van der Waals surface area contributed by atoms with E-state index in [2.05, 4.69) is 5.32 Å². The maximum atomic E-state index is 13.3. The van der Waals surface area contributed by atoms with Crippen LogP contribution in [0.4, 0.5) is 9.18 Å². The molecule has 0 spiro atoms. The van der Waals surface area contributed by atoms with Crippen molar-refractivity contribution in [2.24, 2.45) is 5.73 Å². The van der Waals surface area contributed by atoms with Crippen molar-refractivity contribution >= 4 is 6.09 Å². The predicted octanol–water partition coefficient (Wildman–Crippen LogP) is 2.23. The highest BCUT2D eigenvalue weighted by Gasteiger charge is 2.19. The van der Waals surface area contributed by atoms with Crippen LogP contribution in [0.1, 0.15) is 26.3 Å². The van der Waals surface area contributed by atoms with Crippen LogP contribution in [0.15, 0.2) is 18.2 Å². The predicted molar refractivity (Wildman–Crippen MR) is 78.9 cm³/mol. The van der Waals surface area contributed by atoms with Gasteiger partial charge in [0.25, 0.3) is 0 Å². The lowest BCUT2D eigenvalue weighted by Gasteiger charge is -2.23. The number of amides is 1. The van der Waals surface area contributed by atoms with Gasteiger partial charge in [0.1, 0.15) is 5.60 Å². The van der Waals surface area contributed by atoms with Crippen LogP contribution in [0.5, 0.6) is 5.75 Å². The summed E-state index contributed by atoms with van der Waals surface area (Å²) in [7, 11) is 1.40. The lowest BCUT2D eigenvalue weighted by Crippen LogP contribution is -2.44. The van der Waals surface area contributed by atoms with Crippen LogP contribution in [0.25, 0.3) is 0 Å². The number of carbonyl (C=O) groups excluding carboxylic acids is 1. The van der Waals surface area contributed by atoms with Crippen molar-refractivity contribution in [3.8, 4) is 5.75 Å². The Bertz CT molecular complexity index is 486. The molecule has 118 valence electrons. The summed E-state index contributed by atoms with van der Waals surface area (Å²) in [6, 6.07) is 4.26. The number of benzene rings is 1. The number of hydrogen-bond donors (Lipinski definition) is 2. The van der Waals surface area contributed by atoms with Gasteiger partial charge in [-0.25, -0.2) is 9.18 Å². The molecular weight excluding hydrogens is 275 g/mol. The van der Waals surface area contributed by atoms with Gasteiger partial charge < -0.3 is 20.5 Å². The first-order chi connectivity index (χ1) is 9.75. The van der Waals surface area contributed by atoms with E-state index in [1.807, 2.05) is 0 Å². The Hall–Kier alpha value is -1.82. The second kappa shape index (κ2) is 7.26. The first-order valence-electron chi connectivity index (χ1n) is 6.77. The zero-order valence-corrected chi connectivity index (χ0v) is 12.9. The summed E-state index contributed by atoms with van der Waals surface area (Å²) < 4.78 is 23.5. The molecule has 1 aromatic rings. The fourth-order valence-electron chi connectivity index (χ4n) is 1.78. The molecule has 1 unspecified atom stereocenters. The third kappa shape index (κ3) is 5.99. The lowest BCUT2D eigenvalue weighted by atomic mass is 10.1. The van der Waals surface area contributed by atoms with Gasteiger partial charge in [-0.1, -0.05) is 6.07 Å². The quantitative estimate of drug-likeness (QED) is 0.874. The fraction of sp³-hybridized carbons (Fsp3) is 0.533. The number of methoxy groups -OCH3 is 1. The molecule has 21 heavy (non-hydrogen) atoms. The smallest absolute Gasteiger partial charge is 0.407 e. The summed E-state index contributed by atoms with van der Waals surface area (Å²) in [5.74, 6) is -0.258. The van der Waals surface area contributed by atoms with E-state index in [4.69, 9.17) is 15.2 Å². The monoisotopic (exact) mass is 298 g/mol. The average molecular weight is 298 g/mol. The molecule has 0 aliphatic carbocycles. The molecule has 1 rings (SSSR count). The highest BCUT2D eigenvalue weighted by molar-refractivity contribution is 5.68. The molecule has 0 saturated carbocycles. The van der Waals surface area contributed by atoms with Gasteiger partial charge in [0.2, 0.25) is 0 Å². The van der Waals surface area contributed by atoms with E-state index in [1.165, 1.54) is 13.2 Å². The van der Waals surface area contributed by atoms with Crippen LogP contribution < -0.4 is 15.8 Å². The minimum absolute atomic E-state index is 0.167. The number of carbonyl (C=O) groups is 1. The van der Waals surface area contributed by atoms with Gasteiger partial charge >= 0.3 is 6.09 Å². The molecule has 0 aromatic heterocycles. The fourth-order valence-corrected chi connectivity index (χ4v) is 1.78. The van der Waals surface area contributed by atoms with Crippen LogP contribution in [-0.4, -0.2) is 31.4 Å². The SMILES string of the molecule is COc1cc(CC(CN)NC(=O)OC(C)(C)C)ccc1F. The van der Waals surface area contributed by atoms with Gasteiger partial charge in [-0.05, 0) is 44.9 Å². The van der Waals surface area contributed by atoms with E-state index in [9.17, 15) is 9.18 Å². The minimum Gasteiger partial charge on any atom is -0.494 e. The van der Waals surface area contributed by atoms with Crippen molar-refractivity contribution in [1.29, 1.82) is 0 Å². The molecule has 0 heterocycles. The van der Waals surface area contributed by atoms with E-state index < -0.39 is 17.5 Å². The maximum Gasteiger partial charge on any atom is 0.407 e. The lowest BCUT2D eigenvalue weighted by molar-refractivity contribution is 0.0506. The number of rotatable bonds is 5. The molecule has 6 heteroatoms. The highest BCUT2D eigenvalue weighted by Crippen LogP contribution is 2.19. The molecule has 0 aliphatic rings. The average Bonchev–Trinajstić information content (AvgIpc) is 2.37. The van der Waals surface area contributed by atoms with Gasteiger partial charge in [0.05, 0.1) is 7.11 Å². The summed E-state index contributed by atoms with van der Waals surface area (Å²) in [6.07, 6.45) is -0.0566. The second-order valence-corrected chi connectivity index (χ2v) is 5.75. The van der Waals surface area contributed by atoms with E-state index in [-0.39, 0.29) is 18.3 Å². The van der Waals surface area contributed by atoms with E-state index in [1.54, 1.807) is 32.9 Å². The van der Waals surface area contributed by atoms with Crippen molar-refractivity contribution in [3.63, 3.8) is 0 Å². The summed E-state index contributed by atoms with van der Waals surface area (Å²) >= 11 is 0. The molecule has 0 bridgehead atoms. The van der Waals surface area contributed by atoms with Crippen LogP contribution in [0.3, 0.4) is 0 Å². The number of alkyl carbamates (subject to hydrolysis) is 1. The highest BCUT2D eigenvalue weighted by atomic mass is 19.1. The first-order valence-corrected chi connectivity index (χ1v) is 6.77. The maximum absolute atomic E-state index is 13.3. The molecule has 1 amide bonds. The summed E-state index contributed by atoms with van der Waals surface area (Å²) in [4.78, 5) is 11.7. The number of halogens is 1. The van der Waals surface area contributed by atoms with Crippen molar-refractivity contribution in [1.82, 2.24) is 5.32 Å². The van der Waals surface area contributed by atoms with E-state index in [0.717, 1.165) is 5.56 Å². The Morgan fingerprint density at radius 1 is 1.43 bits per heavy atom. The van der Waals surface area contributed by atoms with Crippen molar-refractivity contribution < 1.29 is 18.7 Å². The van der Waals surface area contributed by atoms with Gasteiger partial charge in [0.15, 0.2) is 11.6 Å². The Kier molecular flexibility index (Phi) is 5.96.